The van der Waals surface area contributed by atoms with E-state index in [4.69, 9.17) is 16.9 Å². The van der Waals surface area contributed by atoms with Gasteiger partial charge in [0.25, 0.3) is 0 Å². The number of pyridine rings is 1. The molecule has 1 unspecified atom stereocenters. The summed E-state index contributed by atoms with van der Waals surface area (Å²) in [4.78, 5) is 6.23. The third-order valence-electron chi connectivity index (χ3n) is 2.14. The van der Waals surface area contributed by atoms with Crippen LogP contribution in [0, 0.1) is 17.2 Å². The molecule has 0 fully saturated rings. The van der Waals surface area contributed by atoms with Crippen LogP contribution in [-0.4, -0.2) is 18.6 Å². The molecule has 15 heavy (non-hydrogen) atoms. The van der Waals surface area contributed by atoms with Crippen molar-refractivity contribution in [3.63, 3.8) is 0 Å². The van der Waals surface area contributed by atoms with Crippen molar-refractivity contribution in [3.8, 4) is 6.07 Å². The highest BCUT2D eigenvalue weighted by Crippen LogP contribution is 2.18. The molecule has 0 aliphatic carbocycles. The first kappa shape index (κ1) is 11.8. The van der Waals surface area contributed by atoms with Crippen LogP contribution in [-0.2, 0) is 5.88 Å². The van der Waals surface area contributed by atoms with Gasteiger partial charge < -0.3 is 4.90 Å². The first-order chi connectivity index (χ1) is 7.19. The van der Waals surface area contributed by atoms with Crippen LogP contribution < -0.4 is 4.90 Å². The van der Waals surface area contributed by atoms with Crippen LogP contribution in [0.3, 0.4) is 0 Å². The van der Waals surface area contributed by atoms with E-state index in [0.29, 0.717) is 12.4 Å². The number of aromatic nitrogens is 1. The minimum atomic E-state index is -0.0137. The number of hydrogen-bond acceptors (Lipinski definition) is 3. The van der Waals surface area contributed by atoms with Crippen LogP contribution in [0.5, 0.6) is 0 Å². The number of hydrogen-bond donors (Lipinski definition) is 0. The lowest BCUT2D eigenvalue weighted by Crippen LogP contribution is -2.25. The zero-order valence-corrected chi connectivity index (χ0v) is 9.70. The second-order valence-corrected chi connectivity index (χ2v) is 3.80. The maximum absolute atomic E-state index is 8.73. The summed E-state index contributed by atoms with van der Waals surface area (Å²) in [7, 11) is 1.92. The number of anilines is 1. The molecule has 1 heterocycles. The Morgan fingerprint density at radius 2 is 2.40 bits per heavy atom. The van der Waals surface area contributed by atoms with Gasteiger partial charge in [-0.25, -0.2) is 4.98 Å². The Balaban J connectivity index is 2.82. The van der Waals surface area contributed by atoms with Crippen LogP contribution >= 0.6 is 11.6 Å². The predicted molar refractivity (Wildman–Crippen MR) is 61.8 cm³/mol. The van der Waals surface area contributed by atoms with Gasteiger partial charge in [-0.1, -0.05) is 6.07 Å². The Morgan fingerprint density at radius 3 is 3.00 bits per heavy atom. The summed E-state index contributed by atoms with van der Waals surface area (Å²) in [6, 6.07) is 6.01. The maximum atomic E-state index is 8.73. The van der Waals surface area contributed by atoms with Crippen molar-refractivity contribution in [3.05, 3.63) is 23.9 Å². The third-order valence-corrected chi connectivity index (χ3v) is 2.43. The van der Waals surface area contributed by atoms with Gasteiger partial charge in [0.1, 0.15) is 5.82 Å². The topological polar surface area (TPSA) is 39.9 Å². The van der Waals surface area contributed by atoms with Crippen LogP contribution in [0.4, 0.5) is 5.82 Å². The molecule has 0 spiro atoms. The fourth-order valence-electron chi connectivity index (χ4n) is 1.42. The van der Waals surface area contributed by atoms with Gasteiger partial charge in [0, 0.05) is 25.4 Å². The Hall–Kier alpha value is -1.27. The fraction of sp³-hybridized carbons (Fsp3) is 0.455. The van der Waals surface area contributed by atoms with E-state index < -0.39 is 0 Å². The molecule has 3 nitrogen and oxygen atoms in total. The molecule has 80 valence electrons. The lowest BCUT2D eigenvalue weighted by Gasteiger charge is -2.21. The SMILES string of the molecule is CC(C#N)CN(C)c1ncccc1CCl. The number of alkyl halides is 1. The van der Waals surface area contributed by atoms with Crippen molar-refractivity contribution in [2.24, 2.45) is 5.92 Å². The zero-order valence-electron chi connectivity index (χ0n) is 8.94. The molecular formula is C11H14ClN3. The number of nitriles is 1. The monoisotopic (exact) mass is 223 g/mol. The molecule has 0 aliphatic rings. The minimum Gasteiger partial charge on any atom is -0.358 e. The first-order valence-corrected chi connectivity index (χ1v) is 5.33. The zero-order chi connectivity index (χ0) is 11.3. The van der Waals surface area contributed by atoms with Crippen LogP contribution in [0.25, 0.3) is 0 Å². The number of rotatable bonds is 4. The second-order valence-electron chi connectivity index (χ2n) is 3.53. The maximum Gasteiger partial charge on any atom is 0.132 e. The lowest BCUT2D eigenvalue weighted by molar-refractivity contribution is 0.708. The third kappa shape index (κ3) is 3.10. The lowest BCUT2D eigenvalue weighted by atomic mass is 10.2. The van der Waals surface area contributed by atoms with Crippen LogP contribution in [0.2, 0.25) is 0 Å². The molecule has 0 aliphatic heterocycles. The van der Waals surface area contributed by atoms with E-state index in [1.807, 2.05) is 31.0 Å². The Kier molecular flexibility index (Phi) is 4.38. The predicted octanol–water partition coefficient (Wildman–Crippen LogP) is 2.42. The number of halogens is 1. The van der Waals surface area contributed by atoms with Gasteiger partial charge in [-0.3, -0.25) is 0 Å². The van der Waals surface area contributed by atoms with Crippen molar-refractivity contribution in [2.75, 3.05) is 18.5 Å². The van der Waals surface area contributed by atoms with Gasteiger partial charge in [-0.15, -0.1) is 11.6 Å². The summed E-state index contributed by atoms with van der Waals surface area (Å²) < 4.78 is 0. The molecule has 1 aromatic heterocycles. The van der Waals surface area contributed by atoms with Gasteiger partial charge in [-0.05, 0) is 13.0 Å². The van der Waals surface area contributed by atoms with E-state index in [9.17, 15) is 0 Å². The van der Waals surface area contributed by atoms with Gasteiger partial charge in [-0.2, -0.15) is 5.26 Å². The highest BCUT2D eigenvalue weighted by atomic mass is 35.5. The summed E-state index contributed by atoms with van der Waals surface area (Å²) in [5.74, 6) is 1.28. The van der Waals surface area contributed by atoms with Crippen molar-refractivity contribution in [1.29, 1.82) is 5.26 Å². The van der Waals surface area contributed by atoms with Gasteiger partial charge >= 0.3 is 0 Å². The molecule has 0 aromatic carbocycles. The average molecular weight is 224 g/mol. The van der Waals surface area contributed by atoms with E-state index in [-0.39, 0.29) is 5.92 Å². The average Bonchev–Trinajstić information content (AvgIpc) is 2.28. The van der Waals surface area contributed by atoms with E-state index in [1.54, 1.807) is 6.20 Å². The first-order valence-electron chi connectivity index (χ1n) is 4.79. The van der Waals surface area contributed by atoms with Gasteiger partial charge in [0.15, 0.2) is 0 Å². The van der Waals surface area contributed by atoms with Crippen molar-refractivity contribution in [1.82, 2.24) is 4.98 Å². The molecule has 0 N–H and O–H groups in total. The van der Waals surface area contributed by atoms with Crippen LogP contribution in [0.15, 0.2) is 18.3 Å². The van der Waals surface area contributed by atoms with Crippen LogP contribution in [0.1, 0.15) is 12.5 Å². The molecule has 0 amide bonds. The molecule has 0 saturated heterocycles. The molecule has 0 radical (unpaired) electrons. The normalized spacial score (nSPS) is 11.9. The Morgan fingerprint density at radius 1 is 1.67 bits per heavy atom. The summed E-state index contributed by atoms with van der Waals surface area (Å²) in [5, 5.41) is 8.73. The summed E-state index contributed by atoms with van der Waals surface area (Å²) in [5.41, 5.74) is 0.992. The summed E-state index contributed by atoms with van der Waals surface area (Å²) in [6.45, 7) is 2.55. The molecule has 1 rings (SSSR count). The smallest absolute Gasteiger partial charge is 0.132 e. The Bertz CT molecular complexity index is 359. The Labute approximate surface area is 95.3 Å². The summed E-state index contributed by atoms with van der Waals surface area (Å²) >= 11 is 5.81. The molecule has 1 aromatic rings. The quantitative estimate of drug-likeness (QED) is 0.736. The molecule has 4 heteroatoms. The van der Waals surface area contributed by atoms with E-state index >= 15 is 0 Å². The fourth-order valence-corrected chi connectivity index (χ4v) is 1.62. The van der Waals surface area contributed by atoms with Gasteiger partial charge in [0.05, 0.1) is 17.9 Å². The van der Waals surface area contributed by atoms with Crippen molar-refractivity contribution < 1.29 is 0 Å². The second kappa shape index (κ2) is 5.57. The highest BCUT2D eigenvalue weighted by molar-refractivity contribution is 6.17. The number of nitrogens with zero attached hydrogens (tertiary/aromatic N) is 3. The molecular weight excluding hydrogens is 210 g/mol. The van der Waals surface area contributed by atoms with Gasteiger partial charge in [0.2, 0.25) is 0 Å². The highest BCUT2D eigenvalue weighted by Gasteiger charge is 2.10. The largest absolute Gasteiger partial charge is 0.358 e. The molecule has 1 atom stereocenters. The minimum absolute atomic E-state index is 0.0137. The molecule has 0 bridgehead atoms. The molecule has 0 saturated carbocycles. The standard InChI is InChI=1S/C11H14ClN3/c1-9(7-13)8-15(2)11-10(6-12)4-3-5-14-11/h3-5,9H,6,8H2,1-2H3. The van der Waals surface area contributed by atoms with E-state index in [1.165, 1.54) is 0 Å². The van der Waals surface area contributed by atoms with E-state index in [2.05, 4.69) is 11.1 Å². The van der Waals surface area contributed by atoms with Crippen molar-refractivity contribution in [2.45, 2.75) is 12.8 Å². The summed E-state index contributed by atoms with van der Waals surface area (Å²) in [6.07, 6.45) is 1.74. The van der Waals surface area contributed by atoms with Crippen molar-refractivity contribution >= 4 is 17.4 Å². The van der Waals surface area contributed by atoms with E-state index in [0.717, 1.165) is 11.4 Å².